The highest BCUT2D eigenvalue weighted by molar-refractivity contribution is 5.63. The Morgan fingerprint density at radius 2 is 2.08 bits per heavy atom. The van der Waals surface area contributed by atoms with E-state index in [1.165, 1.54) is 6.08 Å². The summed E-state index contributed by atoms with van der Waals surface area (Å²) in [5.74, 6) is 1.69. The van der Waals surface area contributed by atoms with Crippen LogP contribution in [0.5, 0.6) is 0 Å². The van der Waals surface area contributed by atoms with E-state index in [4.69, 9.17) is 0 Å². The molecule has 0 saturated heterocycles. The first-order chi connectivity index (χ1) is 5.38. The topological polar surface area (TPSA) is 78.0 Å². The van der Waals surface area contributed by atoms with Crippen LogP contribution in [0.3, 0.4) is 0 Å². The van der Waals surface area contributed by atoms with Gasteiger partial charge in [-0.05, 0) is 6.08 Å². The first-order valence-corrected chi connectivity index (χ1v) is 3.05. The number of nitrogens with zero attached hydrogens (tertiary/aromatic N) is 1. The van der Waals surface area contributed by atoms with Crippen molar-refractivity contribution in [1.82, 2.24) is 0 Å². The molecule has 0 aromatic carbocycles. The van der Waals surface area contributed by atoms with Gasteiger partial charge in [-0.1, -0.05) is 18.2 Å². The summed E-state index contributed by atoms with van der Waals surface area (Å²) in [5.41, 5.74) is 0.357. The lowest BCUT2D eigenvalue weighted by Crippen LogP contribution is -2.05. The second kappa shape index (κ2) is 4.99. The van der Waals surface area contributed by atoms with Gasteiger partial charge in [0.2, 0.25) is 6.08 Å². The van der Waals surface area contributed by atoms with E-state index in [1.807, 2.05) is 0 Å². The van der Waals surface area contributed by atoms with Crippen LogP contribution in [0.4, 0.5) is 0 Å². The Morgan fingerprint density at radius 1 is 1.33 bits per heavy atom. The van der Waals surface area contributed by atoms with Gasteiger partial charge in [0.15, 0.2) is 0 Å². The molecule has 0 fully saturated rings. The van der Waals surface area contributed by atoms with Gasteiger partial charge in [-0.15, -0.1) is 0 Å². The molecule has 0 aromatic heterocycles. The Kier molecular flexibility index (Phi) is 4.27. The van der Waals surface area contributed by atoms with Crippen molar-refractivity contribution in [3.63, 3.8) is 0 Å². The molecule has 4 nitrogen and oxygen atoms in total. The minimum absolute atomic E-state index is 0. The van der Waals surface area contributed by atoms with Crippen LogP contribution in [-0.2, 0) is 9.59 Å². The number of allylic oxidation sites excluding steroid dienone is 2. The Bertz CT molecular complexity index is 304. The monoisotopic (exact) mass is 165 g/mol. The fourth-order valence-corrected chi connectivity index (χ4v) is 0.795. The maximum Gasteiger partial charge on any atom is 0.235 e. The molecule has 0 aliphatic heterocycles. The molecule has 0 bridgehead atoms. The second-order valence-corrected chi connectivity index (χ2v) is 1.97. The molecule has 1 unspecified atom stereocenters. The van der Waals surface area contributed by atoms with Crippen molar-refractivity contribution in [2.24, 2.45) is 4.99 Å². The molecule has 2 N–H and O–H groups in total. The summed E-state index contributed by atoms with van der Waals surface area (Å²) in [4.78, 5) is 23.4. The molecule has 0 spiro atoms. The van der Waals surface area contributed by atoms with Crippen LogP contribution in [0.1, 0.15) is 0 Å². The molecule has 0 amide bonds. The smallest absolute Gasteiger partial charge is 0.235 e. The maximum atomic E-state index is 10.2. The summed E-state index contributed by atoms with van der Waals surface area (Å²) >= 11 is 0. The van der Waals surface area contributed by atoms with Crippen molar-refractivity contribution in [2.75, 3.05) is 0 Å². The highest BCUT2D eigenvalue weighted by Crippen LogP contribution is 2.10. The lowest BCUT2D eigenvalue weighted by atomic mass is 10.1. The van der Waals surface area contributed by atoms with Gasteiger partial charge < -0.3 is 5.48 Å². The highest BCUT2D eigenvalue weighted by atomic mass is 16.1. The summed E-state index contributed by atoms with van der Waals surface area (Å²) in [6, 6.07) is -0.491. The minimum Gasteiger partial charge on any atom is -0.412 e. The molecule has 1 atom stereocenters. The van der Waals surface area contributed by atoms with Crippen molar-refractivity contribution in [3.8, 4) is 0 Å². The molecule has 12 heavy (non-hydrogen) atoms. The van der Waals surface area contributed by atoms with Crippen molar-refractivity contribution >= 4 is 12.0 Å². The molecule has 0 aromatic rings. The Labute approximate surface area is 68.9 Å². The maximum absolute atomic E-state index is 10.2. The van der Waals surface area contributed by atoms with Crippen LogP contribution in [0.2, 0.25) is 0 Å². The number of isocyanates is 1. The average molecular weight is 165 g/mol. The van der Waals surface area contributed by atoms with E-state index in [2.05, 4.69) is 4.99 Å². The minimum atomic E-state index is -0.491. The first kappa shape index (κ1) is 10.3. The zero-order valence-electron chi connectivity index (χ0n) is 6.15. The third-order valence-electron chi connectivity index (χ3n) is 1.31. The Morgan fingerprint density at radius 3 is 2.67 bits per heavy atom. The molecule has 1 aliphatic rings. The third kappa shape index (κ3) is 2.15. The normalized spacial score (nSPS) is 19.0. The molecule has 0 heterocycles. The lowest BCUT2D eigenvalue weighted by molar-refractivity contribution is 0.561. The summed E-state index contributed by atoms with van der Waals surface area (Å²) in [5, 5.41) is 0. The van der Waals surface area contributed by atoms with Gasteiger partial charge in [0.05, 0.1) is 5.57 Å². The van der Waals surface area contributed by atoms with Crippen LogP contribution in [0.15, 0.2) is 34.9 Å². The molecule has 0 saturated carbocycles. The van der Waals surface area contributed by atoms with Gasteiger partial charge in [-0.3, -0.25) is 0 Å². The summed E-state index contributed by atoms with van der Waals surface area (Å²) in [6.07, 6.45) is 8.00. The highest BCUT2D eigenvalue weighted by Gasteiger charge is 2.09. The van der Waals surface area contributed by atoms with E-state index in [0.29, 0.717) is 5.57 Å². The number of hydrogen-bond acceptors (Lipinski definition) is 3. The Balaban J connectivity index is 0.00000121. The van der Waals surface area contributed by atoms with Crippen LogP contribution >= 0.6 is 0 Å². The van der Waals surface area contributed by atoms with Crippen molar-refractivity contribution in [2.45, 2.75) is 6.04 Å². The van der Waals surface area contributed by atoms with Gasteiger partial charge >= 0.3 is 0 Å². The number of aliphatic imine (C=N–C) groups is 1. The van der Waals surface area contributed by atoms with Gasteiger partial charge in [0, 0.05) is 0 Å². The molecular weight excluding hydrogens is 158 g/mol. The zero-order valence-corrected chi connectivity index (χ0v) is 6.15. The second-order valence-electron chi connectivity index (χ2n) is 1.97. The summed E-state index contributed by atoms with van der Waals surface area (Å²) in [7, 11) is 0. The first-order valence-electron chi connectivity index (χ1n) is 3.05. The fourth-order valence-electron chi connectivity index (χ4n) is 0.795. The fraction of sp³-hybridized carbons (Fsp3) is 0.125. The summed E-state index contributed by atoms with van der Waals surface area (Å²) < 4.78 is 0. The quantitative estimate of drug-likeness (QED) is 0.305. The predicted molar refractivity (Wildman–Crippen MR) is 43.0 cm³/mol. The number of hydrogen-bond donors (Lipinski definition) is 0. The predicted octanol–water partition coefficient (Wildman–Crippen LogP) is -0.250. The third-order valence-corrected chi connectivity index (χ3v) is 1.31. The lowest BCUT2D eigenvalue weighted by Gasteiger charge is -2.04. The average Bonchev–Trinajstić information content (AvgIpc) is 2.06. The van der Waals surface area contributed by atoms with Gasteiger partial charge in [0.1, 0.15) is 12.0 Å². The van der Waals surface area contributed by atoms with Gasteiger partial charge in [0.25, 0.3) is 0 Å². The van der Waals surface area contributed by atoms with Crippen LogP contribution < -0.4 is 0 Å². The standard InChI is InChI=1S/C8H5NO2.H2O/c10-5-7-3-1-2-4-8(7)9-6-11;/h1-4,8H;1H2. The van der Waals surface area contributed by atoms with Gasteiger partial charge in [-0.2, -0.15) is 4.99 Å². The molecule has 1 aliphatic carbocycles. The van der Waals surface area contributed by atoms with Crippen molar-refractivity contribution in [1.29, 1.82) is 0 Å². The van der Waals surface area contributed by atoms with Crippen molar-refractivity contribution in [3.05, 3.63) is 29.9 Å². The van der Waals surface area contributed by atoms with E-state index < -0.39 is 6.04 Å². The van der Waals surface area contributed by atoms with E-state index in [1.54, 1.807) is 30.2 Å². The van der Waals surface area contributed by atoms with Crippen LogP contribution in [0, 0.1) is 0 Å². The molecule has 1 rings (SSSR count). The molecular formula is C8H7NO3. The van der Waals surface area contributed by atoms with E-state index in [9.17, 15) is 9.59 Å². The van der Waals surface area contributed by atoms with Crippen molar-refractivity contribution < 1.29 is 15.1 Å². The zero-order chi connectivity index (χ0) is 8.10. The molecule has 62 valence electrons. The van der Waals surface area contributed by atoms with E-state index in [-0.39, 0.29) is 5.48 Å². The summed E-state index contributed by atoms with van der Waals surface area (Å²) in [6.45, 7) is 0. The molecule has 4 heteroatoms. The van der Waals surface area contributed by atoms with Crippen LogP contribution in [-0.4, -0.2) is 23.5 Å². The SMILES string of the molecule is O.O=C=NC1C=CC=CC1=C=O. The number of rotatable bonds is 1. The van der Waals surface area contributed by atoms with Crippen LogP contribution in [0.25, 0.3) is 0 Å². The molecule has 0 radical (unpaired) electrons. The largest absolute Gasteiger partial charge is 0.412 e. The Hall–Kier alpha value is -1.73. The van der Waals surface area contributed by atoms with E-state index >= 15 is 0 Å². The van der Waals surface area contributed by atoms with Gasteiger partial charge in [-0.25, -0.2) is 9.59 Å². The number of carbonyl (C=O) groups excluding carboxylic acids is 2. The van der Waals surface area contributed by atoms with E-state index in [0.717, 1.165) is 0 Å².